The van der Waals surface area contributed by atoms with Crippen LogP contribution in [-0.4, -0.2) is 12.6 Å². The van der Waals surface area contributed by atoms with Crippen LogP contribution in [0, 0.1) is 5.92 Å². The Balaban J connectivity index is 2.07. The fourth-order valence-electron chi connectivity index (χ4n) is 3.27. The van der Waals surface area contributed by atoms with E-state index in [2.05, 4.69) is 19.2 Å². The summed E-state index contributed by atoms with van der Waals surface area (Å²) >= 11 is 0. The van der Waals surface area contributed by atoms with Gasteiger partial charge in [-0.15, -0.1) is 0 Å². The highest BCUT2D eigenvalue weighted by Gasteiger charge is 2.23. The Kier molecular flexibility index (Phi) is 8.78. The zero-order chi connectivity index (χ0) is 12.3. The zero-order valence-electron chi connectivity index (χ0n) is 12.1. The minimum Gasteiger partial charge on any atom is -0.314 e. The average Bonchev–Trinajstić information content (AvgIpc) is 2.86. The van der Waals surface area contributed by atoms with Crippen LogP contribution in [0.4, 0.5) is 0 Å². The van der Waals surface area contributed by atoms with Gasteiger partial charge in [-0.05, 0) is 31.7 Å². The summed E-state index contributed by atoms with van der Waals surface area (Å²) in [6.45, 7) is 5.70. The van der Waals surface area contributed by atoms with Crippen LogP contribution >= 0.6 is 0 Å². The van der Waals surface area contributed by atoms with E-state index in [-0.39, 0.29) is 0 Å². The highest BCUT2D eigenvalue weighted by Crippen LogP contribution is 2.29. The fourth-order valence-corrected chi connectivity index (χ4v) is 3.27. The molecule has 0 aromatic carbocycles. The number of unbranched alkanes of at least 4 members (excludes halogenated alkanes) is 5. The van der Waals surface area contributed by atoms with E-state index in [1.54, 1.807) is 0 Å². The molecule has 1 nitrogen and oxygen atoms in total. The maximum Gasteiger partial charge on any atom is 0.00952 e. The second-order valence-corrected chi connectivity index (χ2v) is 5.77. The van der Waals surface area contributed by atoms with E-state index in [0.29, 0.717) is 0 Å². The van der Waals surface area contributed by atoms with Gasteiger partial charge in [0.2, 0.25) is 0 Å². The highest BCUT2D eigenvalue weighted by atomic mass is 14.9. The van der Waals surface area contributed by atoms with E-state index in [1.807, 2.05) is 0 Å². The Hall–Kier alpha value is -0.0400. The van der Waals surface area contributed by atoms with E-state index in [0.717, 1.165) is 18.5 Å². The molecule has 1 aliphatic carbocycles. The smallest absolute Gasteiger partial charge is 0.00952 e. The standard InChI is InChI=1S/C16H33N/c1-3-5-6-7-8-9-14-16(17-4-2)15-12-10-11-13-15/h15-17H,3-14H2,1-2H3. The molecular formula is C16H33N. The lowest BCUT2D eigenvalue weighted by atomic mass is 9.93. The SMILES string of the molecule is CCCCCCCCC(NCC)C1CCCC1. The Bertz CT molecular complexity index is 161. The predicted molar refractivity (Wildman–Crippen MR) is 77.4 cm³/mol. The molecule has 1 aliphatic rings. The number of hydrogen-bond donors (Lipinski definition) is 1. The summed E-state index contributed by atoms with van der Waals surface area (Å²) in [4.78, 5) is 0. The second kappa shape index (κ2) is 9.94. The summed E-state index contributed by atoms with van der Waals surface area (Å²) < 4.78 is 0. The molecule has 0 aromatic rings. The van der Waals surface area contributed by atoms with Crippen molar-refractivity contribution in [3.8, 4) is 0 Å². The van der Waals surface area contributed by atoms with E-state index in [9.17, 15) is 0 Å². The maximum atomic E-state index is 3.73. The first-order valence-corrected chi connectivity index (χ1v) is 8.11. The summed E-state index contributed by atoms with van der Waals surface area (Å²) in [6.07, 6.45) is 15.9. The molecule has 1 saturated carbocycles. The minimum absolute atomic E-state index is 0.827. The lowest BCUT2D eigenvalue weighted by Gasteiger charge is -2.24. The molecule has 1 rings (SSSR count). The van der Waals surface area contributed by atoms with Gasteiger partial charge in [0, 0.05) is 6.04 Å². The van der Waals surface area contributed by atoms with Crippen molar-refractivity contribution in [1.82, 2.24) is 5.32 Å². The number of rotatable bonds is 10. The van der Waals surface area contributed by atoms with Gasteiger partial charge in [0.1, 0.15) is 0 Å². The maximum absolute atomic E-state index is 3.73. The van der Waals surface area contributed by atoms with Gasteiger partial charge in [-0.3, -0.25) is 0 Å². The first kappa shape index (κ1) is 15.0. The average molecular weight is 239 g/mol. The molecular weight excluding hydrogens is 206 g/mol. The Morgan fingerprint density at radius 2 is 1.59 bits per heavy atom. The fraction of sp³-hybridized carbons (Fsp3) is 1.00. The molecule has 0 spiro atoms. The molecule has 1 heteroatoms. The van der Waals surface area contributed by atoms with Crippen molar-refractivity contribution in [2.45, 2.75) is 90.5 Å². The molecule has 0 amide bonds. The molecule has 0 bridgehead atoms. The highest BCUT2D eigenvalue weighted by molar-refractivity contribution is 4.80. The summed E-state index contributed by atoms with van der Waals surface area (Å²) in [5.74, 6) is 0.991. The number of hydrogen-bond acceptors (Lipinski definition) is 1. The second-order valence-electron chi connectivity index (χ2n) is 5.77. The summed E-state index contributed by atoms with van der Waals surface area (Å²) in [7, 11) is 0. The predicted octanol–water partition coefficient (Wildman–Crippen LogP) is 4.91. The molecule has 1 atom stereocenters. The molecule has 0 saturated heterocycles. The molecule has 1 N–H and O–H groups in total. The van der Waals surface area contributed by atoms with Crippen LogP contribution in [-0.2, 0) is 0 Å². The van der Waals surface area contributed by atoms with Gasteiger partial charge in [-0.2, -0.15) is 0 Å². The van der Waals surface area contributed by atoms with Crippen molar-refractivity contribution in [2.24, 2.45) is 5.92 Å². The minimum atomic E-state index is 0.827. The first-order valence-electron chi connectivity index (χ1n) is 8.11. The van der Waals surface area contributed by atoms with Gasteiger partial charge < -0.3 is 5.32 Å². The molecule has 0 heterocycles. The van der Waals surface area contributed by atoms with Gasteiger partial charge in [-0.25, -0.2) is 0 Å². The third kappa shape index (κ3) is 6.45. The molecule has 0 aromatic heterocycles. The quantitative estimate of drug-likeness (QED) is 0.534. The first-order chi connectivity index (χ1) is 8.38. The number of nitrogens with one attached hydrogen (secondary N) is 1. The van der Waals surface area contributed by atoms with Crippen LogP contribution in [0.5, 0.6) is 0 Å². The van der Waals surface area contributed by atoms with Crippen LogP contribution in [0.25, 0.3) is 0 Å². The van der Waals surface area contributed by atoms with Crippen molar-refractivity contribution in [2.75, 3.05) is 6.54 Å². The van der Waals surface area contributed by atoms with Crippen molar-refractivity contribution in [1.29, 1.82) is 0 Å². The van der Waals surface area contributed by atoms with Gasteiger partial charge >= 0.3 is 0 Å². The van der Waals surface area contributed by atoms with E-state index in [4.69, 9.17) is 0 Å². The van der Waals surface area contributed by atoms with E-state index >= 15 is 0 Å². The normalized spacial score (nSPS) is 18.7. The Labute approximate surface area is 109 Å². The molecule has 0 aliphatic heterocycles. The van der Waals surface area contributed by atoms with Gasteiger partial charge in [0.25, 0.3) is 0 Å². The van der Waals surface area contributed by atoms with Gasteiger partial charge in [0.05, 0.1) is 0 Å². The van der Waals surface area contributed by atoms with Crippen molar-refractivity contribution in [3.63, 3.8) is 0 Å². The summed E-state index contributed by atoms with van der Waals surface area (Å²) in [5, 5.41) is 3.73. The van der Waals surface area contributed by atoms with Gasteiger partial charge in [0.15, 0.2) is 0 Å². The van der Waals surface area contributed by atoms with Crippen molar-refractivity contribution in [3.05, 3.63) is 0 Å². The molecule has 0 radical (unpaired) electrons. The molecule has 17 heavy (non-hydrogen) atoms. The zero-order valence-corrected chi connectivity index (χ0v) is 12.1. The Morgan fingerprint density at radius 1 is 0.941 bits per heavy atom. The van der Waals surface area contributed by atoms with E-state index < -0.39 is 0 Å². The monoisotopic (exact) mass is 239 g/mol. The van der Waals surface area contributed by atoms with Crippen LogP contribution in [0.15, 0.2) is 0 Å². The van der Waals surface area contributed by atoms with E-state index in [1.165, 1.54) is 70.6 Å². The summed E-state index contributed by atoms with van der Waals surface area (Å²) in [5.41, 5.74) is 0. The lowest BCUT2D eigenvalue weighted by Crippen LogP contribution is -2.34. The Morgan fingerprint density at radius 3 is 2.24 bits per heavy atom. The molecule has 102 valence electrons. The van der Waals surface area contributed by atoms with Gasteiger partial charge in [-0.1, -0.05) is 65.2 Å². The lowest BCUT2D eigenvalue weighted by molar-refractivity contribution is 0.335. The van der Waals surface area contributed by atoms with Crippen LogP contribution < -0.4 is 5.32 Å². The molecule has 1 unspecified atom stereocenters. The third-order valence-electron chi connectivity index (χ3n) is 4.30. The summed E-state index contributed by atoms with van der Waals surface area (Å²) in [6, 6.07) is 0.827. The van der Waals surface area contributed by atoms with Crippen LogP contribution in [0.1, 0.15) is 84.5 Å². The topological polar surface area (TPSA) is 12.0 Å². The van der Waals surface area contributed by atoms with Crippen molar-refractivity contribution >= 4 is 0 Å². The largest absolute Gasteiger partial charge is 0.314 e. The van der Waals surface area contributed by atoms with Crippen molar-refractivity contribution < 1.29 is 0 Å². The van der Waals surface area contributed by atoms with Crippen LogP contribution in [0.3, 0.4) is 0 Å². The third-order valence-corrected chi connectivity index (χ3v) is 4.30. The van der Waals surface area contributed by atoms with Crippen LogP contribution in [0.2, 0.25) is 0 Å². The molecule has 1 fully saturated rings.